The van der Waals surface area contributed by atoms with Crippen molar-refractivity contribution in [2.45, 2.75) is 38.3 Å². The quantitative estimate of drug-likeness (QED) is 0.387. The highest BCUT2D eigenvalue weighted by Crippen LogP contribution is 2.33. The molecule has 1 N–H and O–H groups in total. The summed E-state index contributed by atoms with van der Waals surface area (Å²) in [5, 5.41) is 3.48. The van der Waals surface area contributed by atoms with Gasteiger partial charge in [0, 0.05) is 54.7 Å². The Labute approximate surface area is 197 Å². The molecule has 5 aromatic heterocycles. The predicted molar refractivity (Wildman–Crippen MR) is 131 cm³/mol. The Bertz CT molecular complexity index is 1390. The van der Waals surface area contributed by atoms with E-state index in [9.17, 15) is 0 Å². The van der Waals surface area contributed by atoms with E-state index >= 15 is 0 Å². The number of nitrogens with one attached hydrogen (secondary N) is 1. The van der Waals surface area contributed by atoms with Crippen LogP contribution in [0.15, 0.2) is 73.7 Å². The van der Waals surface area contributed by atoms with Gasteiger partial charge >= 0.3 is 0 Å². The zero-order valence-electron chi connectivity index (χ0n) is 18.7. The van der Waals surface area contributed by atoms with Crippen molar-refractivity contribution >= 4 is 17.0 Å². The number of pyridine rings is 3. The number of rotatable bonds is 6. The molecule has 0 saturated heterocycles. The van der Waals surface area contributed by atoms with E-state index in [4.69, 9.17) is 15.0 Å². The minimum atomic E-state index is 0.443. The molecule has 1 saturated carbocycles. The third-order valence-corrected chi connectivity index (χ3v) is 6.30. The van der Waals surface area contributed by atoms with Crippen LogP contribution in [0.25, 0.3) is 33.8 Å². The number of hydrogen-bond donors (Lipinski definition) is 1. The monoisotopic (exact) mass is 448 g/mol. The number of fused-ring (bicyclic) bond motifs is 1. The Kier molecular flexibility index (Phi) is 5.39. The maximum Gasteiger partial charge on any atom is 0.166 e. The number of imidazole rings is 1. The largest absolute Gasteiger partial charge is 0.364 e. The fraction of sp³-hybridized carbons (Fsp3) is 0.231. The van der Waals surface area contributed by atoms with Gasteiger partial charge in [0.05, 0.1) is 12.0 Å². The molecule has 1 aliphatic rings. The van der Waals surface area contributed by atoms with E-state index in [-0.39, 0.29) is 0 Å². The highest BCUT2D eigenvalue weighted by molar-refractivity contribution is 5.85. The van der Waals surface area contributed by atoms with Crippen molar-refractivity contribution in [3.63, 3.8) is 0 Å². The Morgan fingerprint density at radius 3 is 2.35 bits per heavy atom. The third kappa shape index (κ3) is 3.98. The summed E-state index contributed by atoms with van der Waals surface area (Å²) in [4.78, 5) is 27.5. The van der Waals surface area contributed by atoms with Crippen LogP contribution in [0.4, 0.5) is 5.82 Å². The van der Waals surface area contributed by atoms with Crippen molar-refractivity contribution in [1.82, 2.24) is 34.5 Å². The third-order valence-electron chi connectivity index (χ3n) is 6.30. The summed E-state index contributed by atoms with van der Waals surface area (Å²) in [7, 11) is 0. The number of anilines is 1. The van der Waals surface area contributed by atoms with Crippen molar-refractivity contribution in [3.8, 4) is 22.6 Å². The standard InChI is InChI=1S/C26H24N8/c1-2-8-21(7-1)34-17-31-23-25(32-24(33-26(23)34)20-6-4-12-28-16-20)30-14-18-9-10-22(29-13-18)19-5-3-11-27-15-19/h3-6,9-13,15-17,21H,1-2,7-8,14H2,(H,30,32,33). The summed E-state index contributed by atoms with van der Waals surface area (Å²) < 4.78 is 2.22. The van der Waals surface area contributed by atoms with Gasteiger partial charge in [-0.15, -0.1) is 0 Å². The first-order valence-corrected chi connectivity index (χ1v) is 11.6. The molecule has 0 unspecified atom stereocenters. The Morgan fingerprint density at radius 2 is 1.65 bits per heavy atom. The summed E-state index contributed by atoms with van der Waals surface area (Å²) in [5.41, 5.74) is 5.49. The van der Waals surface area contributed by atoms with Gasteiger partial charge < -0.3 is 9.88 Å². The van der Waals surface area contributed by atoms with E-state index in [2.05, 4.69) is 30.9 Å². The molecule has 0 spiro atoms. The van der Waals surface area contributed by atoms with Crippen LogP contribution >= 0.6 is 0 Å². The van der Waals surface area contributed by atoms with Crippen molar-refractivity contribution in [2.75, 3.05) is 5.32 Å². The van der Waals surface area contributed by atoms with Crippen LogP contribution in [0.2, 0.25) is 0 Å². The van der Waals surface area contributed by atoms with Crippen LogP contribution in [0.1, 0.15) is 37.3 Å². The zero-order chi connectivity index (χ0) is 22.7. The summed E-state index contributed by atoms with van der Waals surface area (Å²) >= 11 is 0. The van der Waals surface area contributed by atoms with Gasteiger partial charge in [0.15, 0.2) is 17.3 Å². The SMILES string of the molecule is c1cncc(-c2ccc(CNc3nc(-c4cccnc4)nc4c3ncn4C3CCCC3)cn2)c1. The van der Waals surface area contributed by atoms with E-state index in [1.807, 2.05) is 49.1 Å². The van der Waals surface area contributed by atoms with Crippen molar-refractivity contribution in [3.05, 3.63) is 79.3 Å². The molecule has 1 fully saturated rings. The van der Waals surface area contributed by atoms with E-state index in [0.29, 0.717) is 18.4 Å². The molecule has 6 rings (SSSR count). The Hall–Kier alpha value is -4.20. The van der Waals surface area contributed by atoms with Crippen LogP contribution in [0.5, 0.6) is 0 Å². The molecular weight excluding hydrogens is 424 g/mol. The fourth-order valence-corrected chi connectivity index (χ4v) is 4.51. The molecule has 8 heteroatoms. The van der Waals surface area contributed by atoms with Crippen LogP contribution in [0.3, 0.4) is 0 Å². The molecule has 0 aliphatic heterocycles. The number of hydrogen-bond acceptors (Lipinski definition) is 7. The molecule has 0 aromatic carbocycles. The van der Waals surface area contributed by atoms with Gasteiger partial charge in [-0.3, -0.25) is 15.0 Å². The summed E-state index contributed by atoms with van der Waals surface area (Å²) in [6, 6.07) is 12.3. The molecule has 168 valence electrons. The Morgan fingerprint density at radius 1 is 0.853 bits per heavy atom. The molecule has 0 bridgehead atoms. The van der Waals surface area contributed by atoms with Crippen molar-refractivity contribution in [2.24, 2.45) is 0 Å². The average molecular weight is 449 g/mol. The number of aromatic nitrogens is 7. The summed E-state index contributed by atoms with van der Waals surface area (Å²) in [6.45, 7) is 0.579. The van der Waals surface area contributed by atoms with Crippen LogP contribution in [-0.2, 0) is 6.54 Å². The smallest absolute Gasteiger partial charge is 0.166 e. The van der Waals surface area contributed by atoms with Gasteiger partial charge in [-0.2, -0.15) is 0 Å². The maximum absolute atomic E-state index is 4.90. The Balaban J connectivity index is 1.32. The molecule has 0 radical (unpaired) electrons. The average Bonchev–Trinajstić information content (AvgIpc) is 3.59. The lowest BCUT2D eigenvalue weighted by molar-refractivity contribution is 0.529. The first kappa shape index (κ1) is 20.4. The van der Waals surface area contributed by atoms with Crippen molar-refractivity contribution < 1.29 is 0 Å². The fourth-order valence-electron chi connectivity index (χ4n) is 4.51. The predicted octanol–water partition coefficient (Wildman–Crippen LogP) is 5.07. The molecular formula is C26H24N8. The zero-order valence-corrected chi connectivity index (χ0v) is 18.7. The van der Waals surface area contributed by atoms with Gasteiger partial charge in [0.1, 0.15) is 5.52 Å². The van der Waals surface area contributed by atoms with Gasteiger partial charge in [0.25, 0.3) is 0 Å². The van der Waals surface area contributed by atoms with Gasteiger partial charge in [-0.05, 0) is 48.7 Å². The van der Waals surface area contributed by atoms with E-state index in [1.54, 1.807) is 18.6 Å². The molecule has 0 amide bonds. The van der Waals surface area contributed by atoms with E-state index in [1.165, 1.54) is 12.8 Å². The molecule has 5 heterocycles. The van der Waals surface area contributed by atoms with Crippen LogP contribution in [-0.4, -0.2) is 34.5 Å². The van der Waals surface area contributed by atoms with Crippen LogP contribution in [0, 0.1) is 0 Å². The van der Waals surface area contributed by atoms with Gasteiger partial charge in [-0.1, -0.05) is 18.9 Å². The molecule has 34 heavy (non-hydrogen) atoms. The maximum atomic E-state index is 4.90. The first-order chi connectivity index (χ1) is 16.8. The lowest BCUT2D eigenvalue weighted by Gasteiger charge is -2.13. The van der Waals surface area contributed by atoms with Gasteiger partial charge in [0.2, 0.25) is 0 Å². The molecule has 8 nitrogen and oxygen atoms in total. The second-order valence-electron chi connectivity index (χ2n) is 8.55. The topological polar surface area (TPSA) is 94.3 Å². The normalized spacial score (nSPS) is 14.0. The molecule has 1 aliphatic carbocycles. The molecule has 0 atom stereocenters. The summed E-state index contributed by atoms with van der Waals surface area (Å²) in [6.07, 6.45) is 15.7. The molecule has 5 aromatic rings. The highest BCUT2D eigenvalue weighted by Gasteiger charge is 2.22. The summed E-state index contributed by atoms with van der Waals surface area (Å²) in [5.74, 6) is 1.37. The van der Waals surface area contributed by atoms with E-state index < -0.39 is 0 Å². The minimum absolute atomic E-state index is 0.443. The second-order valence-corrected chi connectivity index (χ2v) is 8.55. The first-order valence-electron chi connectivity index (χ1n) is 11.6. The van der Waals surface area contributed by atoms with Gasteiger partial charge in [-0.25, -0.2) is 15.0 Å². The lowest BCUT2D eigenvalue weighted by Crippen LogP contribution is -2.07. The second kappa shape index (κ2) is 8.97. The lowest BCUT2D eigenvalue weighted by atomic mass is 10.1. The van der Waals surface area contributed by atoms with Crippen molar-refractivity contribution in [1.29, 1.82) is 0 Å². The highest BCUT2D eigenvalue weighted by atomic mass is 15.2. The van der Waals surface area contributed by atoms with Crippen LogP contribution < -0.4 is 5.32 Å². The number of nitrogens with zero attached hydrogens (tertiary/aromatic N) is 7. The van der Waals surface area contributed by atoms with E-state index in [0.717, 1.165) is 52.2 Å². The minimum Gasteiger partial charge on any atom is -0.364 e.